The van der Waals surface area contributed by atoms with Crippen LogP contribution < -0.4 is 15.0 Å². The zero-order valence-corrected chi connectivity index (χ0v) is 11.9. The molecule has 1 unspecified atom stereocenters. The molecule has 0 amide bonds. The predicted octanol–water partition coefficient (Wildman–Crippen LogP) is 1.90. The van der Waals surface area contributed by atoms with Gasteiger partial charge in [-0.05, 0) is 32.0 Å². The molecule has 4 heteroatoms. The molecule has 1 fully saturated rings. The molecule has 0 bridgehead atoms. The number of nitrogens with one attached hydrogen (secondary N) is 1. The molecule has 1 aromatic rings. The van der Waals surface area contributed by atoms with Crippen molar-refractivity contribution in [1.29, 1.82) is 0 Å². The number of ether oxygens (including phenoxy) is 2. The molecule has 1 heterocycles. The summed E-state index contributed by atoms with van der Waals surface area (Å²) in [4.78, 5) is 2.41. The lowest BCUT2D eigenvalue weighted by molar-refractivity contribution is 0.0717. The van der Waals surface area contributed by atoms with Crippen LogP contribution in [0.4, 0.5) is 5.69 Å². The molecular weight excluding hydrogens is 240 g/mol. The Hall–Kier alpha value is -1.26. The van der Waals surface area contributed by atoms with E-state index >= 15 is 0 Å². The maximum absolute atomic E-state index is 5.75. The van der Waals surface area contributed by atoms with Crippen molar-refractivity contribution in [1.82, 2.24) is 5.32 Å². The Morgan fingerprint density at radius 3 is 3.05 bits per heavy atom. The molecule has 106 valence electrons. The van der Waals surface area contributed by atoms with Gasteiger partial charge < -0.3 is 19.7 Å². The lowest BCUT2D eigenvalue weighted by atomic mass is 10.2. The first-order chi connectivity index (χ1) is 9.29. The summed E-state index contributed by atoms with van der Waals surface area (Å²) in [5, 5.41) is 3.42. The molecule has 1 saturated heterocycles. The van der Waals surface area contributed by atoms with E-state index in [9.17, 15) is 0 Å². The van der Waals surface area contributed by atoms with Crippen molar-refractivity contribution in [3.63, 3.8) is 0 Å². The molecule has 0 spiro atoms. The standard InChI is InChI=1S/C15H24N2O2/c1-13(18-2)12-19-15-6-3-5-14(11-15)17-9-4-7-16-8-10-17/h3,5-6,11,13,16H,4,7-10,12H2,1-2H3. The van der Waals surface area contributed by atoms with Crippen molar-refractivity contribution in [2.45, 2.75) is 19.4 Å². The number of nitrogens with zero attached hydrogens (tertiary/aromatic N) is 1. The van der Waals surface area contributed by atoms with Crippen LogP contribution in [-0.2, 0) is 4.74 Å². The summed E-state index contributed by atoms with van der Waals surface area (Å²) in [6.45, 7) is 6.90. The van der Waals surface area contributed by atoms with Crippen LogP contribution >= 0.6 is 0 Å². The molecule has 1 N–H and O–H groups in total. The van der Waals surface area contributed by atoms with E-state index in [1.807, 2.05) is 13.0 Å². The summed E-state index contributed by atoms with van der Waals surface area (Å²) in [5.41, 5.74) is 1.24. The Morgan fingerprint density at radius 2 is 2.21 bits per heavy atom. The van der Waals surface area contributed by atoms with Crippen LogP contribution in [0.1, 0.15) is 13.3 Å². The fourth-order valence-corrected chi connectivity index (χ4v) is 2.16. The van der Waals surface area contributed by atoms with Crippen molar-refractivity contribution < 1.29 is 9.47 Å². The zero-order valence-electron chi connectivity index (χ0n) is 11.9. The molecule has 2 rings (SSSR count). The second-order valence-electron chi connectivity index (χ2n) is 4.95. The first-order valence-electron chi connectivity index (χ1n) is 7.01. The molecule has 0 radical (unpaired) electrons. The largest absolute Gasteiger partial charge is 0.491 e. The SMILES string of the molecule is COC(C)COc1cccc(N2CCCNCC2)c1. The van der Waals surface area contributed by atoms with Crippen molar-refractivity contribution in [3.8, 4) is 5.75 Å². The Labute approximate surface area is 115 Å². The molecule has 1 aromatic carbocycles. The minimum atomic E-state index is 0.117. The average Bonchev–Trinajstić information content (AvgIpc) is 2.74. The van der Waals surface area contributed by atoms with E-state index < -0.39 is 0 Å². The lowest BCUT2D eigenvalue weighted by Gasteiger charge is -2.23. The number of methoxy groups -OCH3 is 1. The minimum absolute atomic E-state index is 0.117. The summed E-state index contributed by atoms with van der Waals surface area (Å²) >= 11 is 0. The highest BCUT2D eigenvalue weighted by Crippen LogP contribution is 2.22. The fraction of sp³-hybridized carbons (Fsp3) is 0.600. The molecule has 1 aliphatic rings. The van der Waals surface area contributed by atoms with Gasteiger partial charge in [-0.3, -0.25) is 0 Å². The number of rotatable bonds is 5. The third-order valence-corrected chi connectivity index (χ3v) is 3.41. The van der Waals surface area contributed by atoms with E-state index in [2.05, 4.69) is 28.4 Å². The average molecular weight is 264 g/mol. The summed E-state index contributed by atoms with van der Waals surface area (Å²) in [5.74, 6) is 0.915. The Balaban J connectivity index is 1.97. The van der Waals surface area contributed by atoms with E-state index in [4.69, 9.17) is 9.47 Å². The van der Waals surface area contributed by atoms with E-state index in [1.165, 1.54) is 12.1 Å². The van der Waals surface area contributed by atoms with Gasteiger partial charge in [-0.25, -0.2) is 0 Å². The first-order valence-corrected chi connectivity index (χ1v) is 7.01. The fourth-order valence-electron chi connectivity index (χ4n) is 2.16. The monoisotopic (exact) mass is 264 g/mol. The molecule has 0 aromatic heterocycles. The summed E-state index contributed by atoms with van der Waals surface area (Å²) < 4.78 is 10.9. The van der Waals surface area contributed by atoms with Crippen LogP contribution in [0.2, 0.25) is 0 Å². The van der Waals surface area contributed by atoms with Crippen LogP contribution in [0.15, 0.2) is 24.3 Å². The van der Waals surface area contributed by atoms with Gasteiger partial charge in [0.05, 0.1) is 6.10 Å². The van der Waals surface area contributed by atoms with Gasteiger partial charge in [0.2, 0.25) is 0 Å². The van der Waals surface area contributed by atoms with Crippen LogP contribution in [-0.4, -0.2) is 46.0 Å². The normalized spacial score (nSPS) is 17.9. The van der Waals surface area contributed by atoms with Crippen LogP contribution in [0, 0.1) is 0 Å². The van der Waals surface area contributed by atoms with Gasteiger partial charge in [0.15, 0.2) is 0 Å². The van der Waals surface area contributed by atoms with Gasteiger partial charge in [0.25, 0.3) is 0 Å². The minimum Gasteiger partial charge on any atom is -0.491 e. The maximum atomic E-state index is 5.75. The highest BCUT2D eigenvalue weighted by molar-refractivity contribution is 5.50. The van der Waals surface area contributed by atoms with Crippen molar-refractivity contribution in [2.24, 2.45) is 0 Å². The summed E-state index contributed by atoms with van der Waals surface area (Å²) in [6, 6.07) is 8.33. The van der Waals surface area contributed by atoms with E-state index in [1.54, 1.807) is 7.11 Å². The smallest absolute Gasteiger partial charge is 0.121 e. The molecule has 1 atom stereocenters. The molecule has 0 aliphatic carbocycles. The Bertz CT molecular complexity index is 376. The first kappa shape index (κ1) is 14.2. The quantitative estimate of drug-likeness (QED) is 0.880. The molecular formula is C15H24N2O2. The van der Waals surface area contributed by atoms with Crippen LogP contribution in [0.5, 0.6) is 5.75 Å². The van der Waals surface area contributed by atoms with Gasteiger partial charge in [0.1, 0.15) is 12.4 Å². The van der Waals surface area contributed by atoms with Gasteiger partial charge in [-0.2, -0.15) is 0 Å². The number of hydrogen-bond acceptors (Lipinski definition) is 4. The highest BCUT2D eigenvalue weighted by atomic mass is 16.5. The van der Waals surface area contributed by atoms with E-state index in [-0.39, 0.29) is 6.10 Å². The summed E-state index contributed by atoms with van der Waals surface area (Å²) in [7, 11) is 1.70. The van der Waals surface area contributed by atoms with Crippen LogP contribution in [0.3, 0.4) is 0 Å². The highest BCUT2D eigenvalue weighted by Gasteiger charge is 2.10. The van der Waals surface area contributed by atoms with Gasteiger partial charge in [-0.15, -0.1) is 0 Å². The van der Waals surface area contributed by atoms with Gasteiger partial charge in [0, 0.05) is 38.5 Å². The number of benzene rings is 1. The second kappa shape index (κ2) is 7.36. The number of anilines is 1. The Kier molecular flexibility index (Phi) is 5.48. The van der Waals surface area contributed by atoms with Crippen molar-refractivity contribution in [3.05, 3.63) is 24.3 Å². The van der Waals surface area contributed by atoms with E-state index in [0.29, 0.717) is 6.61 Å². The van der Waals surface area contributed by atoms with Gasteiger partial charge >= 0.3 is 0 Å². The molecule has 0 saturated carbocycles. The lowest BCUT2D eigenvalue weighted by Crippen LogP contribution is -2.27. The zero-order chi connectivity index (χ0) is 13.5. The molecule has 1 aliphatic heterocycles. The second-order valence-corrected chi connectivity index (χ2v) is 4.95. The maximum Gasteiger partial charge on any atom is 0.121 e. The summed E-state index contributed by atoms with van der Waals surface area (Å²) in [6.07, 6.45) is 1.30. The van der Waals surface area contributed by atoms with Gasteiger partial charge in [-0.1, -0.05) is 6.07 Å². The third kappa shape index (κ3) is 4.40. The molecule has 4 nitrogen and oxygen atoms in total. The van der Waals surface area contributed by atoms with Crippen molar-refractivity contribution in [2.75, 3.05) is 44.8 Å². The Morgan fingerprint density at radius 1 is 1.32 bits per heavy atom. The topological polar surface area (TPSA) is 33.7 Å². The van der Waals surface area contributed by atoms with Crippen LogP contribution in [0.25, 0.3) is 0 Å². The van der Waals surface area contributed by atoms with Crippen molar-refractivity contribution >= 4 is 5.69 Å². The predicted molar refractivity (Wildman–Crippen MR) is 78.1 cm³/mol. The number of hydrogen-bond donors (Lipinski definition) is 1. The third-order valence-electron chi connectivity index (χ3n) is 3.41. The van der Waals surface area contributed by atoms with E-state index in [0.717, 1.165) is 31.9 Å². The molecule has 19 heavy (non-hydrogen) atoms.